The molecule has 0 radical (unpaired) electrons. The third kappa shape index (κ3) is 7.22. The number of carbonyl (C=O) groups excluding carboxylic acids is 2. The Labute approximate surface area is 295 Å². The molecule has 2 amide bonds. The summed E-state index contributed by atoms with van der Waals surface area (Å²) in [4.78, 5) is 58.5. The van der Waals surface area contributed by atoms with E-state index in [1.165, 1.54) is 19.1 Å². The largest absolute Gasteiger partial charge is 0.416 e. The number of hydrogen-bond acceptors (Lipinski definition) is 6. The molecule has 6 rings (SSSR count). The number of piperazine rings is 1. The van der Waals surface area contributed by atoms with Crippen molar-refractivity contribution in [2.45, 2.75) is 51.6 Å². The average Bonchev–Trinajstić information content (AvgIpc) is 3.53. The Balaban J connectivity index is 1.41. The van der Waals surface area contributed by atoms with Crippen molar-refractivity contribution in [3.63, 3.8) is 0 Å². The lowest BCUT2D eigenvalue weighted by Gasteiger charge is -2.37. The Kier molecular flexibility index (Phi) is 10.3. The monoisotopic (exact) mass is 724 g/mol. The van der Waals surface area contributed by atoms with E-state index in [9.17, 15) is 36.7 Å². The van der Waals surface area contributed by atoms with Gasteiger partial charge in [0.05, 0.1) is 30.3 Å². The van der Waals surface area contributed by atoms with Gasteiger partial charge in [0.25, 0.3) is 11.5 Å². The molecular weight excluding hydrogens is 687 g/mol. The lowest BCUT2D eigenvalue weighted by atomic mass is 10.0. The van der Waals surface area contributed by atoms with Crippen molar-refractivity contribution in [1.29, 1.82) is 0 Å². The van der Waals surface area contributed by atoms with Gasteiger partial charge in [-0.25, -0.2) is 13.6 Å². The molecule has 0 saturated carbocycles. The fraction of sp³-hybridized carbons (Fsp3) is 0.351. The number of primary amides is 1. The Morgan fingerprint density at radius 1 is 0.846 bits per heavy atom. The molecule has 0 spiro atoms. The van der Waals surface area contributed by atoms with Crippen molar-refractivity contribution >= 4 is 17.5 Å². The molecule has 2 N–H and O–H groups in total. The van der Waals surface area contributed by atoms with E-state index in [1.54, 1.807) is 46.2 Å². The van der Waals surface area contributed by atoms with Gasteiger partial charge in [-0.05, 0) is 37.1 Å². The maximum Gasteiger partial charge on any atom is 0.416 e. The van der Waals surface area contributed by atoms with Crippen molar-refractivity contribution in [3.05, 3.63) is 133 Å². The molecule has 4 aromatic rings. The van der Waals surface area contributed by atoms with Crippen LogP contribution in [0.5, 0.6) is 0 Å². The van der Waals surface area contributed by atoms with Crippen molar-refractivity contribution in [3.8, 4) is 0 Å². The van der Waals surface area contributed by atoms with Gasteiger partial charge in [0, 0.05) is 62.5 Å². The smallest absolute Gasteiger partial charge is 0.366 e. The topological polar surface area (TPSA) is 114 Å². The number of hydrogen-bond donors (Lipinski definition) is 1. The fourth-order valence-corrected chi connectivity index (χ4v) is 7.13. The zero-order valence-electron chi connectivity index (χ0n) is 28.3. The zero-order valence-corrected chi connectivity index (χ0v) is 28.3. The maximum atomic E-state index is 15.2. The van der Waals surface area contributed by atoms with Gasteiger partial charge in [0.2, 0.25) is 5.91 Å². The summed E-state index contributed by atoms with van der Waals surface area (Å²) in [7, 11) is 0. The summed E-state index contributed by atoms with van der Waals surface area (Å²) >= 11 is 0. The lowest BCUT2D eigenvalue weighted by molar-refractivity contribution is -0.138. The molecule has 274 valence electrons. The van der Waals surface area contributed by atoms with Gasteiger partial charge in [-0.3, -0.25) is 28.4 Å². The second-order valence-electron chi connectivity index (χ2n) is 13.0. The molecule has 0 bridgehead atoms. The summed E-state index contributed by atoms with van der Waals surface area (Å²) in [6.07, 6.45) is -4.06. The number of alkyl halides is 3. The number of nitrogens with two attached hydrogens (primary N) is 1. The normalized spacial score (nSPS) is 16.1. The maximum absolute atomic E-state index is 15.2. The molecule has 2 saturated heterocycles. The first-order valence-electron chi connectivity index (χ1n) is 16.8. The number of amides is 2. The number of carbonyl (C=O) groups is 2. The Morgan fingerprint density at radius 2 is 1.54 bits per heavy atom. The van der Waals surface area contributed by atoms with E-state index in [0.29, 0.717) is 31.6 Å². The van der Waals surface area contributed by atoms with Crippen molar-refractivity contribution < 1.29 is 31.5 Å². The number of halogens is 5. The zero-order chi connectivity index (χ0) is 37.3. The molecule has 10 nitrogen and oxygen atoms in total. The molecule has 1 atom stereocenters. The summed E-state index contributed by atoms with van der Waals surface area (Å²) in [5.41, 5.74) is 2.43. The van der Waals surface area contributed by atoms with Crippen LogP contribution in [0.1, 0.15) is 57.2 Å². The number of likely N-dealkylation sites (tertiary alicyclic amines) is 1. The number of anilines is 1. The number of nitrogens with zero attached hydrogens (tertiary/aromatic N) is 5. The summed E-state index contributed by atoms with van der Waals surface area (Å²) < 4.78 is 74.3. The Hall–Kier alpha value is -5.31. The SMILES string of the molecule is Cc1c(N2CCN(Cc3cccc(C(N)=O)c3F)CC2)c(=O)n(CC(c2ccccc2)N2CCCC2=O)c(=O)n1Cc1c(F)cccc1C(F)(F)F. The highest BCUT2D eigenvalue weighted by Gasteiger charge is 2.36. The van der Waals surface area contributed by atoms with Gasteiger partial charge in [-0.15, -0.1) is 0 Å². The summed E-state index contributed by atoms with van der Waals surface area (Å²) in [6.45, 7) is 1.92. The highest BCUT2D eigenvalue weighted by Crippen LogP contribution is 2.34. The van der Waals surface area contributed by atoms with Gasteiger partial charge < -0.3 is 15.5 Å². The van der Waals surface area contributed by atoms with Gasteiger partial charge in [0.15, 0.2) is 0 Å². The van der Waals surface area contributed by atoms with Crippen LogP contribution in [0, 0.1) is 18.6 Å². The molecule has 0 aliphatic carbocycles. The van der Waals surface area contributed by atoms with Crippen LogP contribution in [0.25, 0.3) is 0 Å². The first-order valence-corrected chi connectivity index (χ1v) is 16.8. The lowest BCUT2D eigenvalue weighted by Crippen LogP contribution is -2.52. The minimum absolute atomic E-state index is 0.0461. The summed E-state index contributed by atoms with van der Waals surface area (Å²) in [6, 6.07) is 15.0. The van der Waals surface area contributed by atoms with E-state index in [0.717, 1.165) is 27.3 Å². The minimum atomic E-state index is -4.92. The number of aromatic nitrogens is 2. The summed E-state index contributed by atoms with van der Waals surface area (Å²) in [5.74, 6) is -2.94. The number of benzene rings is 3. The van der Waals surface area contributed by atoms with Gasteiger partial charge in [-0.1, -0.05) is 48.5 Å². The van der Waals surface area contributed by atoms with Crippen LogP contribution >= 0.6 is 0 Å². The van der Waals surface area contributed by atoms with Gasteiger partial charge >= 0.3 is 11.9 Å². The first-order chi connectivity index (χ1) is 24.8. The predicted molar refractivity (Wildman–Crippen MR) is 183 cm³/mol. The standard InChI is InChI=1S/C37H37F5N6O4/c1-23-33(45-18-16-44(17-19-45)20-25-10-5-11-26(32(25)39)34(43)50)35(51)48(22-30(24-8-3-2-4-9-24)46-15-7-14-31(46)49)36(52)47(23)21-27-28(37(40,41)42)12-6-13-29(27)38/h2-6,8-13,30H,7,14-22H2,1H3,(H2,43,50). The van der Waals surface area contributed by atoms with E-state index in [-0.39, 0.29) is 61.0 Å². The van der Waals surface area contributed by atoms with Crippen LogP contribution in [0.2, 0.25) is 0 Å². The first kappa shape index (κ1) is 36.5. The molecule has 2 fully saturated rings. The fourth-order valence-electron chi connectivity index (χ4n) is 7.13. The minimum Gasteiger partial charge on any atom is -0.366 e. The van der Waals surface area contributed by atoms with E-state index >= 15 is 4.39 Å². The van der Waals surface area contributed by atoms with Crippen LogP contribution in [0.3, 0.4) is 0 Å². The van der Waals surface area contributed by atoms with Gasteiger partial charge in [-0.2, -0.15) is 13.2 Å². The van der Waals surface area contributed by atoms with Crippen molar-refractivity contribution in [2.24, 2.45) is 5.73 Å². The van der Waals surface area contributed by atoms with Crippen molar-refractivity contribution in [1.82, 2.24) is 18.9 Å². The molecule has 15 heteroatoms. The Bertz CT molecular complexity index is 2110. The molecule has 3 aromatic carbocycles. The highest BCUT2D eigenvalue weighted by molar-refractivity contribution is 5.93. The van der Waals surface area contributed by atoms with Crippen molar-refractivity contribution in [2.75, 3.05) is 37.6 Å². The molecule has 52 heavy (non-hydrogen) atoms. The highest BCUT2D eigenvalue weighted by atomic mass is 19.4. The van der Waals surface area contributed by atoms with Crippen LogP contribution in [0.15, 0.2) is 76.3 Å². The molecular formula is C37H37F5N6O4. The molecule has 1 aromatic heterocycles. The second-order valence-corrected chi connectivity index (χ2v) is 13.0. The molecule has 3 heterocycles. The molecule has 1 unspecified atom stereocenters. The van der Waals surface area contributed by atoms with Crippen LogP contribution in [-0.2, 0) is 30.6 Å². The Morgan fingerprint density at radius 3 is 2.17 bits per heavy atom. The van der Waals surface area contributed by atoms with Gasteiger partial charge in [0.1, 0.15) is 17.3 Å². The third-order valence-electron chi connectivity index (χ3n) is 9.85. The summed E-state index contributed by atoms with van der Waals surface area (Å²) in [5, 5.41) is 0. The second kappa shape index (κ2) is 14.7. The molecule has 2 aliphatic heterocycles. The van der Waals surface area contributed by atoms with Crippen LogP contribution in [-0.4, -0.2) is 63.5 Å². The van der Waals surface area contributed by atoms with Crippen LogP contribution < -0.4 is 21.9 Å². The van der Waals surface area contributed by atoms with E-state index in [1.807, 2.05) is 4.90 Å². The van der Waals surface area contributed by atoms with E-state index < -0.39 is 58.7 Å². The predicted octanol–water partition coefficient (Wildman–Crippen LogP) is 4.45. The van der Waals surface area contributed by atoms with Crippen LogP contribution in [0.4, 0.5) is 27.6 Å². The van der Waals surface area contributed by atoms with E-state index in [2.05, 4.69) is 0 Å². The molecule has 2 aliphatic rings. The van der Waals surface area contributed by atoms with E-state index in [4.69, 9.17) is 5.73 Å². The quantitative estimate of drug-likeness (QED) is 0.242. The number of rotatable bonds is 10. The third-order valence-corrected chi connectivity index (χ3v) is 9.85. The average molecular weight is 725 g/mol.